The van der Waals surface area contributed by atoms with Crippen molar-refractivity contribution in [2.75, 3.05) is 33.3 Å². The van der Waals surface area contributed by atoms with Crippen LogP contribution < -0.4 is 23.8 Å². The van der Waals surface area contributed by atoms with Gasteiger partial charge in [-0.15, -0.1) is 0 Å². The highest BCUT2D eigenvalue weighted by atomic mass is 32.1. The fourth-order valence-electron chi connectivity index (χ4n) is 3.49. The summed E-state index contributed by atoms with van der Waals surface area (Å²) < 4.78 is 22.5. The molecule has 0 radical (unpaired) electrons. The second-order valence-electron chi connectivity index (χ2n) is 7.37. The fraction of sp³-hybridized carbons (Fsp3) is 0.192. The maximum absolute atomic E-state index is 13.4. The summed E-state index contributed by atoms with van der Waals surface area (Å²) in [6, 6.07) is 14.8. The van der Waals surface area contributed by atoms with Gasteiger partial charge in [0.05, 0.1) is 50.9 Å². The van der Waals surface area contributed by atoms with E-state index in [9.17, 15) is 4.79 Å². The number of rotatable bonds is 9. The minimum atomic E-state index is -0.240. The number of benzene rings is 2. The van der Waals surface area contributed by atoms with Crippen LogP contribution in [-0.2, 0) is 11.3 Å². The van der Waals surface area contributed by atoms with Crippen molar-refractivity contribution in [2.45, 2.75) is 6.54 Å². The van der Waals surface area contributed by atoms with Crippen LogP contribution in [0.5, 0.6) is 23.0 Å². The van der Waals surface area contributed by atoms with E-state index in [-0.39, 0.29) is 12.5 Å². The molecule has 0 N–H and O–H groups in total. The zero-order valence-electron chi connectivity index (χ0n) is 19.8. The first-order chi connectivity index (χ1) is 17.1. The van der Waals surface area contributed by atoms with E-state index < -0.39 is 0 Å². The number of nitrogens with zero attached hydrogens (tertiary/aromatic N) is 3. The van der Waals surface area contributed by atoms with Crippen molar-refractivity contribution in [3.8, 4) is 23.0 Å². The van der Waals surface area contributed by atoms with Gasteiger partial charge in [-0.2, -0.15) is 0 Å². The number of hydrogen-bond acceptors (Lipinski definition) is 8. The van der Waals surface area contributed by atoms with Gasteiger partial charge in [0, 0.05) is 18.3 Å². The first-order valence-corrected chi connectivity index (χ1v) is 11.5. The van der Waals surface area contributed by atoms with Gasteiger partial charge in [0.1, 0.15) is 5.75 Å². The molecule has 0 saturated heterocycles. The van der Waals surface area contributed by atoms with Crippen LogP contribution in [0.3, 0.4) is 0 Å². The molecule has 8 nitrogen and oxygen atoms in total. The van der Waals surface area contributed by atoms with Gasteiger partial charge in [-0.25, -0.2) is 4.98 Å². The van der Waals surface area contributed by atoms with E-state index >= 15 is 0 Å². The minimum absolute atomic E-state index is 0.240. The van der Waals surface area contributed by atoms with Gasteiger partial charge in [0.2, 0.25) is 5.75 Å². The van der Waals surface area contributed by atoms with Gasteiger partial charge in [-0.1, -0.05) is 17.4 Å². The number of methoxy groups -OCH3 is 4. The Morgan fingerprint density at radius 2 is 1.74 bits per heavy atom. The molecule has 0 saturated carbocycles. The minimum Gasteiger partial charge on any atom is -0.497 e. The van der Waals surface area contributed by atoms with E-state index in [0.717, 1.165) is 21.5 Å². The number of anilines is 1. The quantitative estimate of drug-likeness (QED) is 0.306. The summed E-state index contributed by atoms with van der Waals surface area (Å²) >= 11 is 1.43. The first kappa shape index (κ1) is 24.0. The Morgan fingerprint density at radius 1 is 0.971 bits per heavy atom. The van der Waals surface area contributed by atoms with Crippen molar-refractivity contribution in [1.82, 2.24) is 9.97 Å². The van der Waals surface area contributed by atoms with E-state index in [4.69, 9.17) is 23.9 Å². The molecule has 0 aliphatic carbocycles. The van der Waals surface area contributed by atoms with Crippen molar-refractivity contribution < 1.29 is 23.7 Å². The molecule has 2 aromatic heterocycles. The van der Waals surface area contributed by atoms with Gasteiger partial charge in [0.15, 0.2) is 16.6 Å². The molecular weight excluding hydrogens is 466 g/mol. The lowest BCUT2D eigenvalue weighted by Gasteiger charge is -2.18. The zero-order chi connectivity index (χ0) is 24.8. The molecule has 0 spiro atoms. The van der Waals surface area contributed by atoms with Crippen molar-refractivity contribution in [1.29, 1.82) is 0 Å². The average Bonchev–Trinajstić information content (AvgIpc) is 3.33. The third-order valence-electron chi connectivity index (χ3n) is 5.23. The largest absolute Gasteiger partial charge is 0.497 e. The maximum atomic E-state index is 13.4. The van der Waals surface area contributed by atoms with Crippen molar-refractivity contribution in [3.05, 3.63) is 72.1 Å². The lowest BCUT2D eigenvalue weighted by atomic mass is 10.1. The van der Waals surface area contributed by atoms with Gasteiger partial charge >= 0.3 is 0 Å². The van der Waals surface area contributed by atoms with Crippen LogP contribution in [0, 0.1) is 0 Å². The van der Waals surface area contributed by atoms with E-state index in [1.165, 1.54) is 17.4 Å². The highest BCUT2D eigenvalue weighted by Gasteiger charge is 2.20. The van der Waals surface area contributed by atoms with Crippen molar-refractivity contribution in [2.24, 2.45) is 0 Å². The van der Waals surface area contributed by atoms with Crippen LogP contribution in [0.2, 0.25) is 0 Å². The molecule has 0 aliphatic heterocycles. The standard InChI is InChI=1S/C26H25N3O5S/c1-31-19-9-10-23-20(15-19)28-26(35-23)29(16-18-7-5-6-12-27-18)24(30)11-8-17-13-21(32-2)25(34-4)22(14-17)33-3/h5-15H,16H2,1-4H3/b11-8+. The molecule has 2 heterocycles. The van der Waals surface area contributed by atoms with Crippen LogP contribution in [0.15, 0.2) is 60.8 Å². The van der Waals surface area contributed by atoms with E-state index in [2.05, 4.69) is 4.98 Å². The Labute approximate surface area is 207 Å². The molecule has 2 aromatic carbocycles. The van der Waals surface area contributed by atoms with Crippen LogP contribution in [-0.4, -0.2) is 44.3 Å². The molecule has 9 heteroatoms. The normalized spacial score (nSPS) is 11.0. The summed E-state index contributed by atoms with van der Waals surface area (Å²) in [7, 11) is 6.25. The molecular formula is C26H25N3O5S. The molecule has 0 fully saturated rings. The summed E-state index contributed by atoms with van der Waals surface area (Å²) in [5.41, 5.74) is 2.23. The average molecular weight is 492 g/mol. The Hall–Kier alpha value is -4.11. The van der Waals surface area contributed by atoms with Gasteiger partial charge in [0.25, 0.3) is 5.91 Å². The topological polar surface area (TPSA) is 83.0 Å². The SMILES string of the molecule is COc1ccc2sc(N(Cc3ccccn3)C(=O)/C=C/c3cc(OC)c(OC)c(OC)c3)nc2c1. The Bertz CT molecular complexity index is 1330. The number of thiazole rings is 1. The first-order valence-electron chi connectivity index (χ1n) is 10.7. The molecule has 0 atom stereocenters. The summed E-state index contributed by atoms with van der Waals surface area (Å²) in [6.45, 7) is 0.274. The Morgan fingerprint density at radius 3 is 2.37 bits per heavy atom. The summed E-state index contributed by atoms with van der Waals surface area (Å²) in [5.74, 6) is 1.96. The Balaban J connectivity index is 1.68. The highest BCUT2D eigenvalue weighted by molar-refractivity contribution is 7.22. The number of hydrogen-bond donors (Lipinski definition) is 0. The number of amides is 1. The molecule has 4 rings (SSSR count). The van der Waals surface area contributed by atoms with Gasteiger partial charge < -0.3 is 18.9 Å². The second kappa shape index (κ2) is 10.9. The number of carbonyl (C=O) groups is 1. The predicted molar refractivity (Wildman–Crippen MR) is 137 cm³/mol. The van der Waals surface area contributed by atoms with Crippen molar-refractivity contribution in [3.63, 3.8) is 0 Å². The molecule has 0 unspecified atom stereocenters. The lowest BCUT2D eigenvalue weighted by Crippen LogP contribution is -2.29. The van der Waals surface area contributed by atoms with Crippen molar-refractivity contribution >= 4 is 38.7 Å². The Kier molecular flexibility index (Phi) is 7.47. The molecule has 0 aliphatic rings. The fourth-order valence-corrected chi connectivity index (χ4v) is 4.44. The molecule has 4 aromatic rings. The van der Waals surface area contributed by atoms with Gasteiger partial charge in [-0.05, 0) is 48.0 Å². The monoisotopic (exact) mass is 491 g/mol. The molecule has 0 bridgehead atoms. The molecule has 1 amide bonds. The number of aromatic nitrogens is 2. The van der Waals surface area contributed by atoms with Crippen LogP contribution in [0.25, 0.3) is 16.3 Å². The number of fused-ring (bicyclic) bond motifs is 1. The van der Waals surface area contributed by atoms with E-state index in [1.54, 1.807) is 57.7 Å². The number of ether oxygens (including phenoxy) is 4. The summed E-state index contributed by atoms with van der Waals surface area (Å²) in [4.78, 5) is 24.1. The summed E-state index contributed by atoms with van der Waals surface area (Å²) in [5, 5.41) is 0.568. The van der Waals surface area contributed by atoms with E-state index in [0.29, 0.717) is 28.1 Å². The summed E-state index contributed by atoms with van der Waals surface area (Å²) in [6.07, 6.45) is 4.90. The molecule has 35 heavy (non-hydrogen) atoms. The molecule has 180 valence electrons. The lowest BCUT2D eigenvalue weighted by molar-refractivity contribution is -0.114. The highest BCUT2D eigenvalue weighted by Crippen LogP contribution is 2.38. The van der Waals surface area contributed by atoms with Crippen LogP contribution >= 0.6 is 11.3 Å². The third-order valence-corrected chi connectivity index (χ3v) is 6.29. The predicted octanol–water partition coefficient (Wildman–Crippen LogP) is 4.97. The second-order valence-corrected chi connectivity index (χ2v) is 8.38. The van der Waals surface area contributed by atoms with Crippen LogP contribution in [0.1, 0.15) is 11.3 Å². The number of carbonyl (C=O) groups excluding carboxylic acids is 1. The van der Waals surface area contributed by atoms with Crippen LogP contribution in [0.4, 0.5) is 5.13 Å². The maximum Gasteiger partial charge on any atom is 0.253 e. The third kappa shape index (κ3) is 5.36. The zero-order valence-corrected chi connectivity index (χ0v) is 20.7. The smallest absolute Gasteiger partial charge is 0.253 e. The van der Waals surface area contributed by atoms with E-state index in [1.807, 2.05) is 36.4 Å². The van der Waals surface area contributed by atoms with Gasteiger partial charge in [-0.3, -0.25) is 14.7 Å². The number of pyridine rings is 1.